The minimum atomic E-state index is -0.610. The molecule has 100 valence electrons. The van der Waals surface area contributed by atoms with Crippen LogP contribution in [0.5, 0.6) is 5.75 Å². The van der Waals surface area contributed by atoms with Crippen LogP contribution in [0.25, 0.3) is 0 Å². The lowest BCUT2D eigenvalue weighted by molar-refractivity contribution is -0.151. The fourth-order valence-electron chi connectivity index (χ4n) is 1.42. The van der Waals surface area contributed by atoms with Gasteiger partial charge in [-0.2, -0.15) is 0 Å². The first kappa shape index (κ1) is 14.8. The number of carbonyl (C=O) groups is 1. The SMILES string of the molecule is CCCCOC(=O)C(C)Oc1ccc(Cl)cc1C. The molecule has 1 aromatic rings. The summed E-state index contributed by atoms with van der Waals surface area (Å²) >= 11 is 5.85. The number of rotatable bonds is 6. The fourth-order valence-corrected chi connectivity index (χ4v) is 1.64. The van der Waals surface area contributed by atoms with E-state index in [1.165, 1.54) is 0 Å². The second-order valence-corrected chi connectivity index (χ2v) is 4.63. The molecule has 4 heteroatoms. The second-order valence-electron chi connectivity index (χ2n) is 4.19. The standard InChI is InChI=1S/C14H19ClO3/c1-4-5-8-17-14(16)11(3)18-13-7-6-12(15)9-10(13)2/h6-7,9,11H,4-5,8H2,1-3H3. The lowest BCUT2D eigenvalue weighted by atomic mass is 10.2. The molecule has 0 aliphatic carbocycles. The summed E-state index contributed by atoms with van der Waals surface area (Å²) in [4.78, 5) is 11.6. The summed E-state index contributed by atoms with van der Waals surface area (Å²) in [6, 6.07) is 5.29. The number of carbonyl (C=O) groups excluding carboxylic acids is 1. The lowest BCUT2D eigenvalue weighted by Crippen LogP contribution is -2.26. The molecule has 1 unspecified atom stereocenters. The number of esters is 1. The van der Waals surface area contributed by atoms with Crippen molar-refractivity contribution in [2.24, 2.45) is 0 Å². The van der Waals surface area contributed by atoms with E-state index >= 15 is 0 Å². The van der Waals surface area contributed by atoms with Crippen molar-refractivity contribution in [3.63, 3.8) is 0 Å². The van der Waals surface area contributed by atoms with Gasteiger partial charge in [-0.1, -0.05) is 24.9 Å². The van der Waals surface area contributed by atoms with Crippen LogP contribution in [0, 0.1) is 6.92 Å². The minimum absolute atomic E-state index is 0.335. The Hall–Kier alpha value is -1.22. The van der Waals surface area contributed by atoms with Gasteiger partial charge in [-0.05, 0) is 44.0 Å². The Labute approximate surface area is 113 Å². The maximum Gasteiger partial charge on any atom is 0.347 e. The van der Waals surface area contributed by atoms with E-state index in [4.69, 9.17) is 21.1 Å². The number of aryl methyl sites for hydroxylation is 1. The molecule has 1 rings (SSSR count). The molecule has 0 saturated heterocycles. The molecule has 0 N–H and O–H groups in total. The van der Waals surface area contributed by atoms with Crippen LogP contribution in [-0.4, -0.2) is 18.7 Å². The van der Waals surface area contributed by atoms with Gasteiger partial charge in [0.25, 0.3) is 0 Å². The molecular weight excluding hydrogens is 252 g/mol. The Balaban J connectivity index is 2.53. The number of ether oxygens (including phenoxy) is 2. The maximum atomic E-state index is 11.6. The van der Waals surface area contributed by atoms with Crippen LogP contribution in [0.15, 0.2) is 18.2 Å². The third-order valence-corrected chi connectivity index (χ3v) is 2.75. The summed E-state index contributed by atoms with van der Waals surface area (Å²) in [6.45, 7) is 6.06. The molecule has 0 radical (unpaired) electrons. The number of unbranched alkanes of at least 4 members (excludes halogenated alkanes) is 1. The zero-order chi connectivity index (χ0) is 13.5. The van der Waals surface area contributed by atoms with Crippen molar-refractivity contribution < 1.29 is 14.3 Å². The molecule has 1 aromatic carbocycles. The van der Waals surface area contributed by atoms with Crippen molar-refractivity contribution in [1.82, 2.24) is 0 Å². The summed E-state index contributed by atoms with van der Waals surface area (Å²) in [5.41, 5.74) is 0.899. The largest absolute Gasteiger partial charge is 0.479 e. The Morgan fingerprint density at radius 2 is 2.17 bits per heavy atom. The summed E-state index contributed by atoms with van der Waals surface area (Å²) in [5.74, 6) is 0.317. The van der Waals surface area contributed by atoms with Gasteiger partial charge in [-0.15, -0.1) is 0 Å². The molecule has 3 nitrogen and oxygen atoms in total. The van der Waals surface area contributed by atoms with Crippen LogP contribution in [0.2, 0.25) is 5.02 Å². The average Bonchev–Trinajstić information content (AvgIpc) is 2.32. The summed E-state index contributed by atoms with van der Waals surface area (Å²) < 4.78 is 10.6. The lowest BCUT2D eigenvalue weighted by Gasteiger charge is -2.15. The predicted molar refractivity (Wildman–Crippen MR) is 72.1 cm³/mol. The van der Waals surface area contributed by atoms with E-state index in [1.807, 2.05) is 13.8 Å². The summed E-state index contributed by atoms with van der Waals surface area (Å²) in [5, 5.41) is 0.651. The molecule has 0 saturated carbocycles. The third kappa shape index (κ3) is 4.57. The van der Waals surface area contributed by atoms with Crippen molar-refractivity contribution in [1.29, 1.82) is 0 Å². The van der Waals surface area contributed by atoms with E-state index in [-0.39, 0.29) is 5.97 Å². The van der Waals surface area contributed by atoms with Gasteiger partial charge in [0.1, 0.15) is 5.75 Å². The number of benzene rings is 1. The quantitative estimate of drug-likeness (QED) is 0.583. The first-order valence-electron chi connectivity index (χ1n) is 6.14. The van der Waals surface area contributed by atoms with Crippen molar-refractivity contribution in [2.75, 3.05) is 6.61 Å². The van der Waals surface area contributed by atoms with Crippen LogP contribution in [0.4, 0.5) is 0 Å². The van der Waals surface area contributed by atoms with E-state index in [0.29, 0.717) is 17.4 Å². The van der Waals surface area contributed by atoms with Gasteiger partial charge >= 0.3 is 5.97 Å². The molecule has 0 bridgehead atoms. The van der Waals surface area contributed by atoms with Gasteiger partial charge in [-0.3, -0.25) is 0 Å². The van der Waals surface area contributed by atoms with Gasteiger partial charge < -0.3 is 9.47 Å². The van der Waals surface area contributed by atoms with Gasteiger partial charge in [0.2, 0.25) is 0 Å². The minimum Gasteiger partial charge on any atom is -0.479 e. The smallest absolute Gasteiger partial charge is 0.347 e. The van der Waals surface area contributed by atoms with Crippen molar-refractivity contribution >= 4 is 17.6 Å². The zero-order valence-electron chi connectivity index (χ0n) is 11.0. The van der Waals surface area contributed by atoms with Crippen molar-refractivity contribution in [3.05, 3.63) is 28.8 Å². The molecule has 0 aromatic heterocycles. The van der Waals surface area contributed by atoms with E-state index in [0.717, 1.165) is 18.4 Å². The molecule has 0 amide bonds. The highest BCUT2D eigenvalue weighted by atomic mass is 35.5. The topological polar surface area (TPSA) is 35.5 Å². The highest BCUT2D eigenvalue weighted by molar-refractivity contribution is 6.30. The van der Waals surface area contributed by atoms with Crippen LogP contribution in [-0.2, 0) is 9.53 Å². The van der Waals surface area contributed by atoms with Crippen molar-refractivity contribution in [3.8, 4) is 5.75 Å². The highest BCUT2D eigenvalue weighted by Gasteiger charge is 2.16. The van der Waals surface area contributed by atoms with Crippen LogP contribution >= 0.6 is 11.6 Å². The molecular formula is C14H19ClO3. The Kier molecular flexibility index (Phi) is 5.99. The fraction of sp³-hybridized carbons (Fsp3) is 0.500. The van der Waals surface area contributed by atoms with Crippen LogP contribution < -0.4 is 4.74 Å². The molecule has 1 atom stereocenters. The number of halogens is 1. The van der Waals surface area contributed by atoms with Gasteiger partial charge in [0, 0.05) is 5.02 Å². The Morgan fingerprint density at radius 3 is 2.78 bits per heavy atom. The molecule has 0 aliphatic rings. The van der Waals surface area contributed by atoms with Crippen LogP contribution in [0.3, 0.4) is 0 Å². The molecule has 0 spiro atoms. The Bertz CT molecular complexity index is 404. The molecule has 0 aliphatic heterocycles. The predicted octanol–water partition coefficient (Wildman–Crippen LogP) is 3.76. The highest BCUT2D eigenvalue weighted by Crippen LogP contribution is 2.22. The van der Waals surface area contributed by atoms with Gasteiger partial charge in [0.05, 0.1) is 6.61 Å². The normalized spacial score (nSPS) is 12.0. The number of hydrogen-bond acceptors (Lipinski definition) is 3. The molecule has 18 heavy (non-hydrogen) atoms. The first-order valence-corrected chi connectivity index (χ1v) is 6.51. The Morgan fingerprint density at radius 1 is 1.44 bits per heavy atom. The van der Waals surface area contributed by atoms with Gasteiger partial charge in [0.15, 0.2) is 6.10 Å². The average molecular weight is 271 g/mol. The molecule has 0 fully saturated rings. The van der Waals surface area contributed by atoms with Crippen LogP contribution in [0.1, 0.15) is 32.3 Å². The summed E-state index contributed by atoms with van der Waals surface area (Å²) in [6.07, 6.45) is 1.26. The summed E-state index contributed by atoms with van der Waals surface area (Å²) in [7, 11) is 0. The second kappa shape index (κ2) is 7.27. The van der Waals surface area contributed by atoms with E-state index < -0.39 is 6.10 Å². The first-order chi connectivity index (χ1) is 8.54. The van der Waals surface area contributed by atoms with Crippen molar-refractivity contribution in [2.45, 2.75) is 39.7 Å². The van der Waals surface area contributed by atoms with E-state index in [2.05, 4.69) is 0 Å². The van der Waals surface area contributed by atoms with Gasteiger partial charge in [-0.25, -0.2) is 4.79 Å². The number of hydrogen-bond donors (Lipinski definition) is 0. The monoisotopic (exact) mass is 270 g/mol. The van der Waals surface area contributed by atoms with E-state index in [9.17, 15) is 4.79 Å². The zero-order valence-corrected chi connectivity index (χ0v) is 11.8. The van der Waals surface area contributed by atoms with E-state index in [1.54, 1.807) is 25.1 Å². The maximum absolute atomic E-state index is 11.6. The molecule has 0 heterocycles. The third-order valence-electron chi connectivity index (χ3n) is 2.51.